The Morgan fingerprint density at radius 3 is 1.75 bits per heavy atom. The minimum absolute atomic E-state index is 1.24. The molecule has 1 aromatic heterocycles. The van der Waals surface area contributed by atoms with Crippen LogP contribution in [0.4, 0.5) is 0 Å². The minimum Gasteiger partial charge on any atom is -0.309 e. The first-order valence-electron chi connectivity index (χ1n) is 8.31. The highest BCUT2D eigenvalue weighted by Gasteiger charge is 2.13. The molecule has 0 saturated carbocycles. The minimum atomic E-state index is 1.24. The Morgan fingerprint density at radius 2 is 1.04 bits per heavy atom. The molecule has 0 aliphatic carbocycles. The lowest BCUT2D eigenvalue weighted by molar-refractivity contribution is 1.20. The summed E-state index contributed by atoms with van der Waals surface area (Å²) in [5.41, 5.74) is 5.07. The fraction of sp³-hybridized carbons (Fsp3) is 0.0435. The summed E-state index contributed by atoms with van der Waals surface area (Å²) < 4.78 is 2.40. The summed E-state index contributed by atoms with van der Waals surface area (Å²) in [7, 11) is 0. The van der Waals surface area contributed by atoms with Crippen LogP contribution in [-0.2, 0) is 0 Å². The number of aromatic nitrogens is 1. The maximum Gasteiger partial charge on any atom is 0.0541 e. The van der Waals surface area contributed by atoms with Crippen molar-refractivity contribution in [3.05, 3.63) is 90.5 Å². The number of hydrogen-bond acceptors (Lipinski definition) is 0. The number of aryl methyl sites for hydroxylation is 1. The van der Waals surface area contributed by atoms with E-state index in [9.17, 15) is 0 Å². The summed E-state index contributed by atoms with van der Waals surface area (Å²) in [6.45, 7) is 2.18. The lowest BCUT2D eigenvalue weighted by Crippen LogP contribution is -1.95. The first-order chi connectivity index (χ1) is 11.8. The summed E-state index contributed by atoms with van der Waals surface area (Å²) in [5.74, 6) is 0. The van der Waals surface area contributed by atoms with Crippen molar-refractivity contribution in [2.24, 2.45) is 0 Å². The van der Waals surface area contributed by atoms with Crippen LogP contribution in [0, 0.1) is 6.92 Å². The van der Waals surface area contributed by atoms with Gasteiger partial charge in [-0.1, -0.05) is 66.7 Å². The van der Waals surface area contributed by atoms with Crippen LogP contribution in [0.5, 0.6) is 0 Å². The average molecular weight is 307 g/mol. The predicted octanol–water partition coefficient (Wildman–Crippen LogP) is 6.25. The molecule has 1 nitrogen and oxygen atoms in total. The van der Waals surface area contributed by atoms with E-state index in [0.29, 0.717) is 0 Å². The Bertz CT molecular complexity index is 1160. The Labute approximate surface area is 140 Å². The maximum atomic E-state index is 2.40. The Kier molecular flexibility index (Phi) is 2.77. The SMILES string of the molecule is Cc1cccc2c(-n3c4ccccc4c4ccccc43)cccc12. The van der Waals surface area contributed by atoms with Crippen molar-refractivity contribution in [1.29, 1.82) is 0 Å². The Balaban J connectivity index is 2.02. The molecule has 0 N–H and O–H groups in total. The fourth-order valence-electron chi connectivity index (χ4n) is 3.83. The third-order valence-electron chi connectivity index (χ3n) is 4.94. The third kappa shape index (κ3) is 1.75. The molecule has 24 heavy (non-hydrogen) atoms. The van der Waals surface area contributed by atoms with Crippen molar-refractivity contribution in [2.45, 2.75) is 6.92 Å². The van der Waals surface area contributed by atoms with E-state index in [1.165, 1.54) is 43.8 Å². The normalized spacial score (nSPS) is 11.5. The van der Waals surface area contributed by atoms with Gasteiger partial charge in [0, 0.05) is 16.2 Å². The van der Waals surface area contributed by atoms with Crippen LogP contribution in [0.25, 0.3) is 38.3 Å². The van der Waals surface area contributed by atoms with E-state index < -0.39 is 0 Å². The van der Waals surface area contributed by atoms with Crippen molar-refractivity contribution in [3.63, 3.8) is 0 Å². The molecule has 114 valence electrons. The van der Waals surface area contributed by atoms with Crippen molar-refractivity contribution >= 4 is 32.6 Å². The highest BCUT2D eigenvalue weighted by Crippen LogP contribution is 2.34. The van der Waals surface area contributed by atoms with E-state index in [4.69, 9.17) is 0 Å². The van der Waals surface area contributed by atoms with Crippen LogP contribution in [0.1, 0.15) is 5.56 Å². The molecule has 4 aromatic carbocycles. The lowest BCUT2D eigenvalue weighted by atomic mass is 10.0. The predicted molar refractivity (Wildman–Crippen MR) is 103 cm³/mol. The zero-order valence-corrected chi connectivity index (χ0v) is 13.5. The van der Waals surface area contributed by atoms with Crippen LogP contribution < -0.4 is 0 Å². The smallest absolute Gasteiger partial charge is 0.0541 e. The zero-order valence-electron chi connectivity index (χ0n) is 13.5. The third-order valence-corrected chi connectivity index (χ3v) is 4.94. The molecule has 0 aliphatic heterocycles. The second-order valence-electron chi connectivity index (χ2n) is 6.32. The number of rotatable bonds is 1. The maximum absolute atomic E-state index is 2.40. The van der Waals surface area contributed by atoms with Gasteiger partial charge in [-0.05, 0) is 36.1 Å². The highest BCUT2D eigenvalue weighted by molar-refractivity contribution is 6.10. The van der Waals surface area contributed by atoms with Crippen molar-refractivity contribution in [1.82, 2.24) is 4.57 Å². The van der Waals surface area contributed by atoms with Gasteiger partial charge in [-0.15, -0.1) is 0 Å². The van der Waals surface area contributed by atoms with Gasteiger partial charge in [0.1, 0.15) is 0 Å². The quantitative estimate of drug-likeness (QED) is 0.345. The average Bonchev–Trinajstić information content (AvgIpc) is 2.96. The topological polar surface area (TPSA) is 4.93 Å². The van der Waals surface area contributed by atoms with Gasteiger partial charge in [0.2, 0.25) is 0 Å². The fourth-order valence-corrected chi connectivity index (χ4v) is 3.83. The van der Waals surface area contributed by atoms with Gasteiger partial charge < -0.3 is 4.57 Å². The molecule has 0 unspecified atom stereocenters. The second-order valence-corrected chi connectivity index (χ2v) is 6.32. The van der Waals surface area contributed by atoms with Gasteiger partial charge in [0.15, 0.2) is 0 Å². The van der Waals surface area contributed by atoms with E-state index in [1.807, 2.05) is 0 Å². The monoisotopic (exact) mass is 307 g/mol. The summed E-state index contributed by atoms with van der Waals surface area (Å²) in [4.78, 5) is 0. The van der Waals surface area contributed by atoms with Gasteiger partial charge >= 0.3 is 0 Å². The summed E-state index contributed by atoms with van der Waals surface area (Å²) in [5, 5.41) is 5.22. The first kappa shape index (κ1) is 13.4. The Hall–Kier alpha value is -3.06. The van der Waals surface area contributed by atoms with Gasteiger partial charge in [-0.25, -0.2) is 0 Å². The van der Waals surface area contributed by atoms with Crippen LogP contribution >= 0.6 is 0 Å². The van der Waals surface area contributed by atoms with Crippen LogP contribution in [-0.4, -0.2) is 4.57 Å². The second kappa shape index (κ2) is 4.97. The molecule has 1 heterocycles. The standard InChI is InChI=1S/C23H17N/c1-16-8-6-12-18-17(16)11-7-15-23(18)24-21-13-4-2-9-19(21)20-10-3-5-14-22(20)24/h2-15H,1H3. The molecule has 0 aliphatic rings. The van der Waals surface area contributed by atoms with Gasteiger partial charge in [-0.2, -0.15) is 0 Å². The molecular formula is C23H17N. The van der Waals surface area contributed by atoms with Crippen molar-refractivity contribution in [2.75, 3.05) is 0 Å². The highest BCUT2D eigenvalue weighted by atomic mass is 15.0. The Morgan fingerprint density at radius 1 is 0.500 bits per heavy atom. The molecule has 0 bridgehead atoms. The lowest BCUT2D eigenvalue weighted by Gasteiger charge is -2.12. The summed E-state index contributed by atoms with van der Waals surface area (Å²) >= 11 is 0. The van der Waals surface area contributed by atoms with Crippen molar-refractivity contribution < 1.29 is 0 Å². The van der Waals surface area contributed by atoms with Gasteiger partial charge in [0.25, 0.3) is 0 Å². The van der Waals surface area contributed by atoms with Crippen LogP contribution in [0.15, 0.2) is 84.9 Å². The molecule has 0 amide bonds. The molecule has 5 rings (SSSR count). The summed E-state index contributed by atoms with van der Waals surface area (Å²) in [6.07, 6.45) is 0. The van der Waals surface area contributed by atoms with E-state index in [1.54, 1.807) is 0 Å². The first-order valence-corrected chi connectivity index (χ1v) is 8.31. The summed E-state index contributed by atoms with van der Waals surface area (Å²) in [6, 6.07) is 30.5. The van der Waals surface area contributed by atoms with Crippen LogP contribution in [0.3, 0.4) is 0 Å². The number of fused-ring (bicyclic) bond motifs is 4. The molecule has 5 aromatic rings. The van der Waals surface area contributed by atoms with E-state index in [-0.39, 0.29) is 0 Å². The molecule has 1 heteroatoms. The molecule has 0 saturated heterocycles. The number of benzene rings is 4. The van der Waals surface area contributed by atoms with Gasteiger partial charge in [-0.3, -0.25) is 0 Å². The molecule has 0 fully saturated rings. The molecule has 0 spiro atoms. The number of hydrogen-bond donors (Lipinski definition) is 0. The largest absolute Gasteiger partial charge is 0.309 e. The van der Waals surface area contributed by atoms with Gasteiger partial charge in [0.05, 0.1) is 16.7 Å². The molecular weight excluding hydrogens is 290 g/mol. The van der Waals surface area contributed by atoms with E-state index in [0.717, 1.165) is 0 Å². The van der Waals surface area contributed by atoms with E-state index >= 15 is 0 Å². The van der Waals surface area contributed by atoms with E-state index in [2.05, 4.69) is 96.4 Å². The molecule has 0 atom stereocenters. The number of nitrogens with zero attached hydrogens (tertiary/aromatic N) is 1. The molecule has 0 radical (unpaired) electrons. The zero-order chi connectivity index (χ0) is 16.1. The number of para-hydroxylation sites is 2. The van der Waals surface area contributed by atoms with Crippen LogP contribution in [0.2, 0.25) is 0 Å². The van der Waals surface area contributed by atoms with Crippen molar-refractivity contribution in [3.8, 4) is 5.69 Å².